The van der Waals surface area contributed by atoms with E-state index < -0.39 is 6.04 Å². The molecule has 0 aliphatic carbocycles. The molecule has 0 aromatic carbocycles. The van der Waals surface area contributed by atoms with Crippen LogP contribution in [0.5, 0.6) is 0 Å². The van der Waals surface area contributed by atoms with Crippen LogP contribution < -0.4 is 5.73 Å². The molecular weight excluding hydrogens is 154 g/mol. The van der Waals surface area contributed by atoms with Crippen LogP contribution in [0.2, 0.25) is 0 Å². The van der Waals surface area contributed by atoms with Crippen LogP contribution in [0.3, 0.4) is 0 Å². The maximum atomic E-state index is 11.2. The van der Waals surface area contributed by atoms with Crippen molar-refractivity contribution in [1.29, 1.82) is 0 Å². The molecule has 0 aliphatic heterocycles. The highest BCUT2D eigenvalue weighted by atomic mass is 16.5. The second-order valence-corrected chi connectivity index (χ2v) is 3.01. The van der Waals surface area contributed by atoms with Gasteiger partial charge in [0.1, 0.15) is 0 Å². The summed E-state index contributed by atoms with van der Waals surface area (Å²) in [6.07, 6.45) is 2.15. The largest absolute Gasteiger partial charge is 0.385 e. The lowest BCUT2D eigenvalue weighted by molar-refractivity contribution is -0.116. The van der Waals surface area contributed by atoms with Gasteiger partial charge in [0.05, 0.1) is 6.04 Å². The van der Waals surface area contributed by atoms with E-state index >= 15 is 0 Å². The summed E-state index contributed by atoms with van der Waals surface area (Å²) in [7, 11) is 1.60. The van der Waals surface area contributed by atoms with Crippen molar-refractivity contribution in [1.82, 2.24) is 0 Å². The number of nitrogens with two attached hydrogens (primary N) is 1. The first-order valence-electron chi connectivity index (χ1n) is 4.01. The second-order valence-electron chi connectivity index (χ2n) is 3.01. The summed E-state index contributed by atoms with van der Waals surface area (Å²) in [5.74, 6) is -0.0212. The number of allylic oxidation sites excluding steroid dienone is 1. The Morgan fingerprint density at radius 2 is 2.17 bits per heavy atom. The number of carbonyl (C=O) groups is 1. The van der Waals surface area contributed by atoms with Crippen molar-refractivity contribution in [2.24, 2.45) is 5.73 Å². The standard InChI is InChI=1S/C9H17NO2/c1-7(2)6-9(11)8(10)4-5-12-3/h6,8H,4-5,10H2,1-3H3. The third-order valence-electron chi connectivity index (χ3n) is 1.43. The number of carbonyl (C=O) groups excluding carboxylic acids is 1. The first-order valence-corrected chi connectivity index (χ1v) is 4.01. The molecule has 3 heteroatoms. The smallest absolute Gasteiger partial charge is 0.172 e. The lowest BCUT2D eigenvalue weighted by Crippen LogP contribution is -2.30. The highest BCUT2D eigenvalue weighted by Gasteiger charge is 2.09. The third kappa shape index (κ3) is 5.04. The highest BCUT2D eigenvalue weighted by molar-refractivity contribution is 5.94. The molecule has 0 bridgehead atoms. The average Bonchev–Trinajstić information content (AvgIpc) is 1.98. The summed E-state index contributed by atoms with van der Waals surface area (Å²) in [4.78, 5) is 11.2. The summed E-state index contributed by atoms with van der Waals surface area (Å²) < 4.78 is 4.81. The van der Waals surface area contributed by atoms with Crippen molar-refractivity contribution >= 4 is 5.78 Å². The molecule has 0 aromatic rings. The number of methoxy groups -OCH3 is 1. The number of ketones is 1. The molecule has 1 atom stereocenters. The van der Waals surface area contributed by atoms with Gasteiger partial charge in [0.15, 0.2) is 5.78 Å². The van der Waals surface area contributed by atoms with E-state index in [2.05, 4.69) is 0 Å². The molecule has 3 nitrogen and oxygen atoms in total. The van der Waals surface area contributed by atoms with Gasteiger partial charge >= 0.3 is 0 Å². The van der Waals surface area contributed by atoms with E-state index in [4.69, 9.17) is 10.5 Å². The molecule has 0 heterocycles. The van der Waals surface area contributed by atoms with E-state index in [0.717, 1.165) is 5.57 Å². The molecule has 2 N–H and O–H groups in total. The van der Waals surface area contributed by atoms with E-state index in [1.807, 2.05) is 13.8 Å². The minimum absolute atomic E-state index is 0.0212. The van der Waals surface area contributed by atoms with Gasteiger partial charge in [-0.15, -0.1) is 0 Å². The third-order valence-corrected chi connectivity index (χ3v) is 1.43. The van der Waals surface area contributed by atoms with Gasteiger partial charge in [0, 0.05) is 13.7 Å². The molecule has 0 spiro atoms. The molecular formula is C9H17NO2. The van der Waals surface area contributed by atoms with Crippen molar-refractivity contribution in [3.05, 3.63) is 11.6 Å². The molecule has 0 saturated heterocycles. The zero-order valence-electron chi connectivity index (χ0n) is 7.96. The molecule has 12 heavy (non-hydrogen) atoms. The Labute approximate surface area is 73.6 Å². The van der Waals surface area contributed by atoms with Gasteiger partial charge in [-0.2, -0.15) is 0 Å². The normalized spacial score (nSPS) is 12.3. The Hall–Kier alpha value is -0.670. The maximum Gasteiger partial charge on any atom is 0.172 e. The van der Waals surface area contributed by atoms with Gasteiger partial charge in [-0.05, 0) is 26.3 Å². The topological polar surface area (TPSA) is 52.3 Å². The maximum absolute atomic E-state index is 11.2. The molecule has 0 saturated carbocycles. The summed E-state index contributed by atoms with van der Waals surface area (Å²) in [6, 6.07) is -0.417. The summed E-state index contributed by atoms with van der Waals surface area (Å²) >= 11 is 0. The Morgan fingerprint density at radius 1 is 1.58 bits per heavy atom. The number of ether oxygens (including phenoxy) is 1. The zero-order chi connectivity index (χ0) is 9.56. The van der Waals surface area contributed by atoms with Crippen molar-refractivity contribution in [3.8, 4) is 0 Å². The molecule has 0 aromatic heterocycles. The molecule has 0 amide bonds. The number of hydrogen-bond acceptors (Lipinski definition) is 3. The van der Waals surface area contributed by atoms with Crippen molar-refractivity contribution in [3.63, 3.8) is 0 Å². The van der Waals surface area contributed by atoms with E-state index in [-0.39, 0.29) is 5.78 Å². The van der Waals surface area contributed by atoms with Crippen LogP contribution >= 0.6 is 0 Å². The highest BCUT2D eigenvalue weighted by Crippen LogP contribution is 1.96. The Morgan fingerprint density at radius 3 is 2.58 bits per heavy atom. The average molecular weight is 171 g/mol. The molecule has 0 aliphatic rings. The minimum atomic E-state index is -0.417. The fraction of sp³-hybridized carbons (Fsp3) is 0.667. The monoisotopic (exact) mass is 171 g/mol. The van der Waals surface area contributed by atoms with Crippen LogP contribution in [0.25, 0.3) is 0 Å². The van der Waals surface area contributed by atoms with Crippen molar-refractivity contribution in [2.45, 2.75) is 26.3 Å². The Balaban J connectivity index is 3.85. The Kier molecular flexibility index (Phi) is 5.58. The van der Waals surface area contributed by atoms with Crippen molar-refractivity contribution in [2.75, 3.05) is 13.7 Å². The first-order chi connectivity index (χ1) is 5.57. The van der Waals surface area contributed by atoms with E-state index in [1.54, 1.807) is 13.2 Å². The molecule has 0 fully saturated rings. The first kappa shape index (κ1) is 11.3. The lowest BCUT2D eigenvalue weighted by atomic mass is 10.1. The van der Waals surface area contributed by atoms with Gasteiger partial charge in [-0.1, -0.05) is 5.57 Å². The fourth-order valence-corrected chi connectivity index (χ4v) is 0.779. The minimum Gasteiger partial charge on any atom is -0.385 e. The van der Waals surface area contributed by atoms with E-state index in [9.17, 15) is 4.79 Å². The number of hydrogen-bond donors (Lipinski definition) is 1. The Bertz CT molecular complexity index is 171. The molecule has 70 valence electrons. The summed E-state index contributed by atoms with van der Waals surface area (Å²) in [6.45, 7) is 4.28. The van der Waals surface area contributed by atoms with Gasteiger partial charge in [0.2, 0.25) is 0 Å². The summed E-state index contributed by atoms with van der Waals surface area (Å²) in [5, 5.41) is 0. The molecule has 1 unspecified atom stereocenters. The molecule has 0 rings (SSSR count). The SMILES string of the molecule is COCCC(N)C(=O)C=C(C)C. The van der Waals surface area contributed by atoms with Crippen LogP contribution in [-0.2, 0) is 9.53 Å². The quantitative estimate of drug-likeness (QED) is 0.625. The van der Waals surface area contributed by atoms with Crippen LogP contribution in [-0.4, -0.2) is 25.5 Å². The van der Waals surface area contributed by atoms with Gasteiger partial charge < -0.3 is 10.5 Å². The zero-order valence-corrected chi connectivity index (χ0v) is 7.96. The summed E-state index contributed by atoms with van der Waals surface area (Å²) in [5.41, 5.74) is 6.56. The van der Waals surface area contributed by atoms with E-state index in [0.29, 0.717) is 13.0 Å². The number of rotatable bonds is 5. The van der Waals surface area contributed by atoms with Gasteiger partial charge in [0.25, 0.3) is 0 Å². The van der Waals surface area contributed by atoms with Gasteiger partial charge in [-0.25, -0.2) is 0 Å². The fourth-order valence-electron chi connectivity index (χ4n) is 0.779. The van der Waals surface area contributed by atoms with Gasteiger partial charge in [-0.3, -0.25) is 4.79 Å². The van der Waals surface area contributed by atoms with Crippen LogP contribution in [0.1, 0.15) is 20.3 Å². The van der Waals surface area contributed by atoms with E-state index in [1.165, 1.54) is 0 Å². The van der Waals surface area contributed by atoms with Crippen LogP contribution in [0, 0.1) is 0 Å². The second kappa shape index (κ2) is 5.91. The lowest BCUT2D eigenvalue weighted by Gasteiger charge is -2.06. The van der Waals surface area contributed by atoms with Crippen molar-refractivity contribution < 1.29 is 9.53 Å². The van der Waals surface area contributed by atoms with Crippen LogP contribution in [0.15, 0.2) is 11.6 Å². The predicted octanol–water partition coefficient (Wildman–Crippen LogP) is 0.885. The van der Waals surface area contributed by atoms with Crippen LogP contribution in [0.4, 0.5) is 0 Å². The predicted molar refractivity (Wildman–Crippen MR) is 48.9 cm³/mol. The molecule has 0 radical (unpaired) electrons.